The predicted octanol–water partition coefficient (Wildman–Crippen LogP) is 2.02. The van der Waals surface area contributed by atoms with Crippen molar-refractivity contribution in [2.24, 2.45) is 56.0 Å². The Balaban J connectivity index is 1.08. The van der Waals surface area contributed by atoms with Gasteiger partial charge in [-0.05, 0) is 130 Å². The van der Waals surface area contributed by atoms with Gasteiger partial charge >= 0.3 is 5.97 Å². The van der Waals surface area contributed by atoms with Crippen molar-refractivity contribution in [2.45, 2.75) is 237 Å². The Morgan fingerprint density at radius 3 is 2.19 bits per heavy atom. The van der Waals surface area contributed by atoms with Gasteiger partial charge in [-0.2, -0.15) is 0 Å². The van der Waals surface area contributed by atoms with E-state index in [2.05, 4.69) is 52.9 Å². The second-order valence-electron chi connectivity index (χ2n) is 25.3. The molecule has 0 aromatic rings. The fraction of sp³-hybridized carbons (Fsp3) is 0.907. The molecule has 23 atom stereocenters. The van der Waals surface area contributed by atoms with E-state index in [4.69, 9.17) is 34.2 Å². The average molecular weight is 1040 g/mol. The summed E-state index contributed by atoms with van der Waals surface area (Å²) in [4.78, 5) is 41.0. The van der Waals surface area contributed by atoms with Crippen LogP contribution in [0.3, 0.4) is 0 Å². The zero-order chi connectivity index (χ0) is 53.2. The minimum Gasteiger partial charge on any atom is -0.432 e. The van der Waals surface area contributed by atoms with Crippen molar-refractivity contribution in [2.75, 3.05) is 19.8 Å². The van der Waals surface area contributed by atoms with Crippen LogP contribution in [0.1, 0.15) is 145 Å². The summed E-state index contributed by atoms with van der Waals surface area (Å²) < 4.78 is 36.5. The number of carbonyl (C=O) groups is 3. The molecule has 19 heteroatoms. The van der Waals surface area contributed by atoms with Gasteiger partial charge in [-0.3, -0.25) is 9.59 Å². The summed E-state index contributed by atoms with van der Waals surface area (Å²) >= 11 is 0. The van der Waals surface area contributed by atoms with Crippen molar-refractivity contribution in [3.63, 3.8) is 0 Å². The van der Waals surface area contributed by atoms with Gasteiger partial charge in [0.15, 0.2) is 18.7 Å². The first-order chi connectivity index (χ1) is 34.4. The molecule has 0 radical (unpaired) electrons. The molecule has 3 aliphatic heterocycles. The van der Waals surface area contributed by atoms with Crippen LogP contribution in [-0.4, -0.2) is 171 Å². The first-order valence-electron chi connectivity index (χ1n) is 27.3. The summed E-state index contributed by atoms with van der Waals surface area (Å²) in [6.45, 7) is 14.7. The van der Waals surface area contributed by atoms with Gasteiger partial charge in [0.2, 0.25) is 12.2 Å². The van der Waals surface area contributed by atoms with Crippen LogP contribution in [0.4, 0.5) is 0 Å². The Hall–Kier alpha value is -2.21. The second kappa shape index (κ2) is 21.6. The fourth-order valence-electron chi connectivity index (χ4n) is 16.0. The lowest BCUT2D eigenvalue weighted by atomic mass is 9.33. The van der Waals surface area contributed by atoms with Crippen LogP contribution in [0.25, 0.3) is 0 Å². The van der Waals surface area contributed by atoms with Crippen LogP contribution >= 0.6 is 0 Å². The zero-order valence-corrected chi connectivity index (χ0v) is 44.1. The lowest BCUT2D eigenvalue weighted by Gasteiger charge is -2.71. The summed E-state index contributed by atoms with van der Waals surface area (Å²) in [6, 6.07) is -1.28. The Kier molecular flexibility index (Phi) is 16.8. The number of carbonyl (C=O) groups excluding carboxylic acids is 3. The van der Waals surface area contributed by atoms with E-state index in [1.807, 2.05) is 0 Å². The van der Waals surface area contributed by atoms with Crippen LogP contribution in [-0.2, 0) is 42.8 Å². The van der Waals surface area contributed by atoms with E-state index in [-0.39, 0.29) is 52.4 Å². The SMILES string of the molecule is CC1OC(OC2C(O)[C@@H](NC(=O)CCCCCN)C(CO)O[C@H]2OC(=O)[C@]23CCC(C)(C)CC2C2=CCC4C5(C)CC[C@H](O)[C@](C)(CC=O)[C@@H]5CCC4(C)[C@]2(C)CC3)C(O)C(O)[C@H]1O[C@@H]1OC[C@@H](O)C(O)C1O. The number of unbranched alkanes of at least 4 members (excludes halogenated alkanes) is 2. The monoisotopic (exact) mass is 1040 g/mol. The van der Waals surface area contributed by atoms with E-state index in [9.17, 15) is 50.4 Å². The highest BCUT2D eigenvalue weighted by Gasteiger charge is 2.70. The van der Waals surface area contributed by atoms with Gasteiger partial charge in [0.1, 0.15) is 55.1 Å². The molecule has 0 aromatic carbocycles. The number of aliphatic hydroxyl groups excluding tert-OH is 8. The number of aldehydes is 1. The number of fused-ring (bicyclic) bond motifs is 7. The maximum absolute atomic E-state index is 15.6. The number of aliphatic hydroxyl groups is 8. The highest BCUT2D eigenvalue weighted by atomic mass is 16.8. The molecular formula is C54H88N2O17. The van der Waals surface area contributed by atoms with Crippen LogP contribution in [0.5, 0.6) is 0 Å². The fourth-order valence-corrected chi connectivity index (χ4v) is 16.0. The summed E-state index contributed by atoms with van der Waals surface area (Å²) in [5, 5.41) is 91.0. The normalized spacial score (nSPS) is 49.5. The first kappa shape index (κ1) is 57.0. The number of rotatable bonds is 15. The van der Waals surface area contributed by atoms with Crippen LogP contribution in [0.15, 0.2) is 11.6 Å². The number of amides is 1. The zero-order valence-electron chi connectivity index (χ0n) is 44.1. The Bertz CT molecular complexity index is 2010. The Morgan fingerprint density at radius 1 is 0.795 bits per heavy atom. The van der Waals surface area contributed by atoms with E-state index >= 15 is 4.79 Å². The minimum atomic E-state index is -1.88. The van der Waals surface area contributed by atoms with E-state index in [1.165, 1.54) is 12.5 Å². The topological polar surface area (TPSA) is 306 Å². The van der Waals surface area contributed by atoms with Crippen molar-refractivity contribution in [1.82, 2.24) is 5.32 Å². The third kappa shape index (κ3) is 9.92. The smallest absolute Gasteiger partial charge is 0.315 e. The van der Waals surface area contributed by atoms with Gasteiger partial charge in [-0.1, -0.05) is 59.6 Å². The molecule has 7 fully saturated rings. The van der Waals surface area contributed by atoms with E-state index in [0.717, 1.165) is 38.4 Å². The predicted molar refractivity (Wildman–Crippen MR) is 261 cm³/mol. The molecule has 13 unspecified atom stereocenters. The highest BCUT2D eigenvalue weighted by Crippen LogP contribution is 2.76. The Labute approximate surface area is 430 Å². The molecular weight excluding hydrogens is 949 g/mol. The second-order valence-corrected chi connectivity index (χ2v) is 25.3. The van der Waals surface area contributed by atoms with E-state index < -0.39 is 121 Å². The van der Waals surface area contributed by atoms with Gasteiger partial charge in [0.25, 0.3) is 0 Å². The lowest BCUT2D eigenvalue weighted by molar-refractivity contribution is -0.369. The molecule has 0 spiro atoms. The molecule has 19 nitrogen and oxygen atoms in total. The summed E-state index contributed by atoms with van der Waals surface area (Å²) in [7, 11) is 0. The molecule has 416 valence electrons. The molecule has 8 aliphatic rings. The number of nitrogens with two attached hydrogens (primary N) is 1. The third-order valence-corrected chi connectivity index (χ3v) is 20.7. The van der Waals surface area contributed by atoms with Crippen LogP contribution < -0.4 is 11.1 Å². The van der Waals surface area contributed by atoms with E-state index in [0.29, 0.717) is 64.3 Å². The Morgan fingerprint density at radius 2 is 1.49 bits per heavy atom. The van der Waals surface area contributed by atoms with Gasteiger partial charge < -0.3 is 85.1 Å². The highest BCUT2D eigenvalue weighted by molar-refractivity contribution is 5.79. The summed E-state index contributed by atoms with van der Waals surface area (Å²) in [5.41, 5.74) is 4.69. The first-order valence-corrected chi connectivity index (χ1v) is 27.3. The van der Waals surface area contributed by atoms with Gasteiger partial charge in [0, 0.05) is 18.3 Å². The number of hydrogen-bond donors (Lipinski definition) is 10. The molecule has 8 rings (SSSR count). The molecule has 3 saturated heterocycles. The van der Waals surface area contributed by atoms with Crippen molar-refractivity contribution < 1.29 is 83.7 Å². The quantitative estimate of drug-likeness (QED) is 0.0486. The van der Waals surface area contributed by atoms with Crippen molar-refractivity contribution >= 4 is 18.2 Å². The minimum absolute atomic E-state index is 0.0908. The maximum atomic E-state index is 15.6. The third-order valence-electron chi connectivity index (χ3n) is 20.7. The number of hydrogen-bond acceptors (Lipinski definition) is 18. The number of ether oxygens (including phenoxy) is 6. The molecule has 0 bridgehead atoms. The summed E-state index contributed by atoms with van der Waals surface area (Å²) in [6.07, 6.45) is -7.89. The van der Waals surface area contributed by atoms with Gasteiger partial charge in [-0.25, -0.2) is 0 Å². The average Bonchev–Trinajstić information content (AvgIpc) is 3.34. The number of nitrogens with one attached hydrogen (secondary N) is 1. The molecule has 4 saturated carbocycles. The molecule has 73 heavy (non-hydrogen) atoms. The van der Waals surface area contributed by atoms with Gasteiger partial charge in [0.05, 0.1) is 36.9 Å². The van der Waals surface area contributed by atoms with E-state index in [1.54, 1.807) is 0 Å². The standard InChI is InChI=1S/C54H88N2O17/c1-28-43(71-45-41(65)38(62)31(59)27-68-45)40(64)42(66)46(69-28)72-44-39(63)37(56-36(61)11-9-8-10-23-55)32(26-58)70-47(44)73-48(67)54-20-18-49(2,3)25-30(54)29-12-13-34-50(4)16-15-35(60)51(5,22-24-57)33(50)14-17-53(34,7)52(29,6)19-21-54/h12,24,28,30-35,37-47,58-60,62-66H,8-11,13-23,25-27,55H2,1-7H3,(H,56,61)/t28?,30?,31-,32?,33-,34?,35+,37+,38?,39?,40?,41?,42?,43+,44?,45+,46?,47+,50?,51-,52-,53?,54+/m1/s1. The number of allylic oxidation sites excluding steroid dienone is 2. The molecule has 1 amide bonds. The summed E-state index contributed by atoms with van der Waals surface area (Å²) in [5.74, 6) is -0.764. The molecule has 5 aliphatic carbocycles. The molecule has 11 N–H and O–H groups in total. The van der Waals surface area contributed by atoms with Crippen LogP contribution in [0.2, 0.25) is 0 Å². The number of esters is 1. The molecule has 0 aromatic heterocycles. The largest absolute Gasteiger partial charge is 0.432 e. The lowest BCUT2D eigenvalue weighted by Crippen LogP contribution is -2.68. The van der Waals surface area contributed by atoms with Crippen molar-refractivity contribution in [1.29, 1.82) is 0 Å². The molecule has 3 heterocycles. The van der Waals surface area contributed by atoms with Gasteiger partial charge in [-0.15, -0.1) is 0 Å². The maximum Gasteiger partial charge on any atom is 0.315 e. The van der Waals surface area contributed by atoms with Crippen molar-refractivity contribution in [3.05, 3.63) is 11.6 Å². The van der Waals surface area contributed by atoms with Crippen LogP contribution in [0, 0.1) is 50.2 Å². The van der Waals surface area contributed by atoms with Crippen molar-refractivity contribution in [3.8, 4) is 0 Å².